The zero-order chi connectivity index (χ0) is 24.8. The molecule has 6 nitrogen and oxygen atoms in total. The molecule has 3 aliphatic heterocycles. The second kappa shape index (κ2) is 9.42. The van der Waals surface area contributed by atoms with Gasteiger partial charge in [0.05, 0.1) is 16.9 Å². The van der Waals surface area contributed by atoms with E-state index in [2.05, 4.69) is 44.4 Å². The molecule has 0 radical (unpaired) electrons. The molecule has 2 aromatic carbocycles. The SMILES string of the molecule is O=C1CCC(N2Cc3c(CN4CC=C(c5ccnc6cc(F)ccc56)CC4)cccc3C2S)C(=O)N1. The molecule has 0 aliphatic carbocycles. The topological polar surface area (TPSA) is 65.5 Å². The number of hydrogen-bond donors (Lipinski definition) is 2. The Morgan fingerprint density at radius 3 is 2.83 bits per heavy atom. The number of carbonyl (C=O) groups is 2. The molecule has 6 rings (SSSR count). The first-order valence-corrected chi connectivity index (χ1v) is 12.8. The number of halogens is 1. The molecule has 0 bridgehead atoms. The number of carbonyl (C=O) groups excluding carboxylic acids is 2. The van der Waals surface area contributed by atoms with Crippen LogP contribution >= 0.6 is 12.6 Å². The van der Waals surface area contributed by atoms with Gasteiger partial charge in [-0.25, -0.2) is 4.39 Å². The van der Waals surface area contributed by atoms with Crippen molar-refractivity contribution in [2.75, 3.05) is 13.1 Å². The molecule has 1 N–H and O–H groups in total. The highest BCUT2D eigenvalue weighted by Gasteiger charge is 2.39. The minimum absolute atomic E-state index is 0.165. The van der Waals surface area contributed by atoms with Gasteiger partial charge in [0.15, 0.2) is 0 Å². The van der Waals surface area contributed by atoms with Crippen LogP contribution in [0.25, 0.3) is 16.5 Å². The largest absolute Gasteiger partial charge is 0.295 e. The molecular formula is C28H27FN4O2S. The van der Waals surface area contributed by atoms with E-state index in [9.17, 15) is 14.0 Å². The quantitative estimate of drug-likeness (QED) is 0.413. The molecule has 2 atom stereocenters. The summed E-state index contributed by atoms with van der Waals surface area (Å²) in [5.74, 6) is -0.695. The van der Waals surface area contributed by atoms with Gasteiger partial charge < -0.3 is 0 Å². The van der Waals surface area contributed by atoms with Crippen LogP contribution in [0.4, 0.5) is 4.39 Å². The van der Waals surface area contributed by atoms with E-state index in [0.29, 0.717) is 24.9 Å². The molecule has 2 amide bonds. The van der Waals surface area contributed by atoms with E-state index in [1.807, 2.05) is 12.1 Å². The van der Waals surface area contributed by atoms with Gasteiger partial charge in [0.25, 0.3) is 0 Å². The van der Waals surface area contributed by atoms with Gasteiger partial charge in [-0.05, 0) is 58.9 Å². The number of nitrogens with zero attached hydrogens (tertiary/aromatic N) is 3. The van der Waals surface area contributed by atoms with Crippen LogP contribution < -0.4 is 5.32 Å². The summed E-state index contributed by atoms with van der Waals surface area (Å²) in [5.41, 5.74) is 6.70. The standard InChI is InChI=1S/C28H27FN4O2S/c29-19-4-5-21-20(8-11-30-24(21)14-19)17-9-12-32(13-10-17)15-18-2-1-3-22-23(18)16-33(28(22)36)25-6-7-26(34)31-27(25)35/h1-5,8-9,11,14,25,28,36H,6-7,10,12-13,15-16H2,(H,31,34,35). The Bertz CT molecular complexity index is 1410. The number of nitrogens with one attached hydrogen (secondary N) is 1. The van der Waals surface area contributed by atoms with Crippen LogP contribution in [-0.2, 0) is 22.7 Å². The number of piperidine rings is 1. The second-order valence-corrected chi connectivity index (χ2v) is 10.2. The first-order valence-electron chi connectivity index (χ1n) is 12.3. The molecule has 1 aromatic heterocycles. The number of pyridine rings is 1. The predicted molar refractivity (Wildman–Crippen MR) is 139 cm³/mol. The third kappa shape index (κ3) is 4.23. The molecule has 0 saturated carbocycles. The van der Waals surface area contributed by atoms with E-state index in [0.717, 1.165) is 42.6 Å². The van der Waals surface area contributed by atoms with E-state index in [1.54, 1.807) is 6.20 Å². The van der Waals surface area contributed by atoms with Gasteiger partial charge in [0.1, 0.15) is 5.82 Å². The Morgan fingerprint density at radius 2 is 2.03 bits per heavy atom. The van der Waals surface area contributed by atoms with Crippen LogP contribution in [0, 0.1) is 5.82 Å². The third-order valence-electron chi connectivity index (χ3n) is 7.59. The molecule has 8 heteroatoms. The summed E-state index contributed by atoms with van der Waals surface area (Å²) < 4.78 is 13.6. The summed E-state index contributed by atoms with van der Waals surface area (Å²) in [6.07, 6.45) is 5.81. The van der Waals surface area contributed by atoms with Gasteiger partial charge in [0, 0.05) is 50.2 Å². The molecule has 36 heavy (non-hydrogen) atoms. The van der Waals surface area contributed by atoms with E-state index in [-0.39, 0.29) is 29.0 Å². The molecule has 1 saturated heterocycles. The zero-order valence-corrected chi connectivity index (χ0v) is 20.7. The number of hydrogen-bond acceptors (Lipinski definition) is 6. The van der Waals surface area contributed by atoms with Crippen molar-refractivity contribution in [3.63, 3.8) is 0 Å². The molecule has 3 aliphatic rings. The molecule has 2 unspecified atom stereocenters. The maximum atomic E-state index is 13.6. The number of imide groups is 1. The van der Waals surface area contributed by atoms with E-state index >= 15 is 0 Å². The Labute approximate surface area is 214 Å². The molecule has 0 spiro atoms. The van der Waals surface area contributed by atoms with Crippen molar-refractivity contribution in [1.29, 1.82) is 0 Å². The summed E-state index contributed by atoms with van der Waals surface area (Å²) >= 11 is 4.85. The normalized spacial score (nSPS) is 23.0. The zero-order valence-electron chi connectivity index (χ0n) is 19.8. The summed E-state index contributed by atoms with van der Waals surface area (Å²) in [4.78, 5) is 32.9. The van der Waals surface area contributed by atoms with E-state index in [4.69, 9.17) is 12.6 Å². The van der Waals surface area contributed by atoms with Gasteiger partial charge in [-0.15, -0.1) is 0 Å². The van der Waals surface area contributed by atoms with Crippen LogP contribution in [0.3, 0.4) is 0 Å². The number of rotatable bonds is 4. The van der Waals surface area contributed by atoms with Crippen molar-refractivity contribution in [3.05, 3.63) is 82.8 Å². The lowest BCUT2D eigenvalue weighted by molar-refractivity contribution is -0.137. The summed E-state index contributed by atoms with van der Waals surface area (Å²) in [6.45, 7) is 3.21. The minimum atomic E-state index is -0.338. The first-order chi connectivity index (χ1) is 17.5. The van der Waals surface area contributed by atoms with Crippen LogP contribution in [0.1, 0.15) is 46.9 Å². The highest BCUT2D eigenvalue weighted by Crippen LogP contribution is 2.41. The average Bonchev–Trinajstić information content (AvgIpc) is 3.21. The van der Waals surface area contributed by atoms with Crippen molar-refractivity contribution in [2.24, 2.45) is 0 Å². The number of benzene rings is 2. The van der Waals surface area contributed by atoms with Gasteiger partial charge in [-0.1, -0.05) is 24.3 Å². The molecule has 4 heterocycles. The molecule has 184 valence electrons. The average molecular weight is 503 g/mol. The Kier molecular flexibility index (Phi) is 6.11. The monoisotopic (exact) mass is 502 g/mol. The van der Waals surface area contributed by atoms with Crippen molar-refractivity contribution >= 4 is 40.9 Å². The van der Waals surface area contributed by atoms with Crippen LogP contribution in [0.5, 0.6) is 0 Å². The third-order valence-corrected chi connectivity index (χ3v) is 8.17. The van der Waals surface area contributed by atoms with Gasteiger partial charge >= 0.3 is 0 Å². The smallest absolute Gasteiger partial charge is 0.243 e. The van der Waals surface area contributed by atoms with Gasteiger partial charge in [0.2, 0.25) is 11.8 Å². The maximum Gasteiger partial charge on any atom is 0.243 e. The van der Waals surface area contributed by atoms with Crippen LogP contribution in [-0.4, -0.2) is 45.7 Å². The highest BCUT2D eigenvalue weighted by molar-refractivity contribution is 7.80. The lowest BCUT2D eigenvalue weighted by Gasteiger charge is -2.32. The van der Waals surface area contributed by atoms with E-state index in [1.165, 1.54) is 28.8 Å². The van der Waals surface area contributed by atoms with Crippen LogP contribution in [0.2, 0.25) is 0 Å². The number of fused-ring (bicyclic) bond motifs is 2. The maximum absolute atomic E-state index is 13.6. The fraction of sp³-hybridized carbons (Fsp3) is 0.321. The lowest BCUT2D eigenvalue weighted by atomic mass is 9.95. The molecule has 1 fully saturated rings. The number of thiol groups is 1. The lowest BCUT2D eigenvalue weighted by Crippen LogP contribution is -2.51. The minimum Gasteiger partial charge on any atom is -0.295 e. The summed E-state index contributed by atoms with van der Waals surface area (Å²) in [5, 5.41) is 3.29. The fourth-order valence-corrected chi connectivity index (χ4v) is 6.19. The van der Waals surface area contributed by atoms with Crippen LogP contribution in [0.15, 0.2) is 54.7 Å². The fourth-order valence-electron chi connectivity index (χ4n) is 5.71. The van der Waals surface area contributed by atoms with Crippen molar-refractivity contribution in [1.82, 2.24) is 20.1 Å². The van der Waals surface area contributed by atoms with Crippen molar-refractivity contribution in [3.8, 4) is 0 Å². The Hall–Kier alpha value is -3.07. The van der Waals surface area contributed by atoms with Crippen molar-refractivity contribution < 1.29 is 14.0 Å². The van der Waals surface area contributed by atoms with E-state index < -0.39 is 0 Å². The predicted octanol–water partition coefficient (Wildman–Crippen LogP) is 4.21. The van der Waals surface area contributed by atoms with Gasteiger partial charge in [-0.3, -0.25) is 29.7 Å². The Morgan fingerprint density at radius 1 is 1.14 bits per heavy atom. The second-order valence-electron chi connectivity index (χ2n) is 9.73. The first kappa shape index (κ1) is 23.3. The molecular weight excluding hydrogens is 475 g/mol. The highest BCUT2D eigenvalue weighted by atomic mass is 32.1. The Balaban J connectivity index is 1.19. The summed E-state index contributed by atoms with van der Waals surface area (Å²) in [6, 6.07) is 12.8. The van der Waals surface area contributed by atoms with Gasteiger partial charge in [-0.2, -0.15) is 12.6 Å². The number of aromatic nitrogens is 1. The molecule has 3 aromatic rings. The number of amides is 2. The van der Waals surface area contributed by atoms with Crippen molar-refractivity contribution in [2.45, 2.75) is 43.8 Å². The summed E-state index contributed by atoms with van der Waals surface area (Å²) in [7, 11) is 0.